The van der Waals surface area contributed by atoms with E-state index < -0.39 is 35.6 Å². The SMILES string of the molecule is CCOC(=O)C1=C(C)N=C2C[C@H](c3ccccc3OC)[C@H](C(=O)OCC)C(=O)C2[C@@H]1c1ccc(C)cc1. The average Bonchev–Trinajstić information content (AvgIpc) is 2.88. The average molecular weight is 504 g/mol. The molecule has 1 aliphatic heterocycles. The molecule has 0 aromatic heterocycles. The zero-order valence-electron chi connectivity index (χ0n) is 21.9. The van der Waals surface area contributed by atoms with Crippen molar-refractivity contribution in [1.82, 2.24) is 0 Å². The Kier molecular flexibility index (Phi) is 7.91. The van der Waals surface area contributed by atoms with E-state index in [1.54, 1.807) is 27.9 Å². The molecular formula is C30H33NO6. The summed E-state index contributed by atoms with van der Waals surface area (Å²) in [5, 5.41) is 0. The first-order valence-corrected chi connectivity index (χ1v) is 12.7. The first-order valence-electron chi connectivity index (χ1n) is 12.7. The number of rotatable bonds is 7. The van der Waals surface area contributed by atoms with Crippen molar-refractivity contribution in [3.05, 3.63) is 76.5 Å². The fourth-order valence-corrected chi connectivity index (χ4v) is 5.56. The molecule has 194 valence electrons. The fourth-order valence-electron chi connectivity index (χ4n) is 5.56. The number of Topliss-reactive ketones (excluding diaryl/α,β-unsaturated/α-hetero) is 1. The molecule has 1 fully saturated rings. The highest BCUT2D eigenvalue weighted by atomic mass is 16.5. The number of allylic oxidation sites excluding steroid dienone is 1. The molecule has 37 heavy (non-hydrogen) atoms. The van der Waals surface area contributed by atoms with Crippen LogP contribution in [-0.2, 0) is 23.9 Å². The Hall–Kier alpha value is -3.74. The predicted octanol–water partition coefficient (Wildman–Crippen LogP) is 4.93. The molecule has 0 amide bonds. The van der Waals surface area contributed by atoms with Gasteiger partial charge in [-0.3, -0.25) is 14.6 Å². The summed E-state index contributed by atoms with van der Waals surface area (Å²) in [4.78, 5) is 45.6. The predicted molar refractivity (Wildman–Crippen MR) is 140 cm³/mol. The number of aliphatic imine (C=N–C) groups is 1. The Labute approximate surface area is 217 Å². The lowest BCUT2D eigenvalue weighted by Crippen LogP contribution is -2.48. The van der Waals surface area contributed by atoms with Crippen LogP contribution in [-0.4, -0.2) is 43.8 Å². The van der Waals surface area contributed by atoms with Crippen molar-refractivity contribution in [2.75, 3.05) is 20.3 Å². The Balaban J connectivity index is 1.91. The van der Waals surface area contributed by atoms with Crippen molar-refractivity contribution in [2.45, 2.75) is 46.0 Å². The highest BCUT2D eigenvalue weighted by Crippen LogP contribution is 2.49. The largest absolute Gasteiger partial charge is 0.496 e. The van der Waals surface area contributed by atoms with Gasteiger partial charge in [0, 0.05) is 23.2 Å². The number of benzene rings is 2. The van der Waals surface area contributed by atoms with E-state index in [-0.39, 0.29) is 19.0 Å². The second-order valence-corrected chi connectivity index (χ2v) is 9.37. The van der Waals surface area contributed by atoms with Crippen LogP contribution in [0.25, 0.3) is 0 Å². The molecule has 1 unspecified atom stereocenters. The molecule has 1 heterocycles. The van der Waals surface area contributed by atoms with Crippen molar-refractivity contribution in [1.29, 1.82) is 0 Å². The Bertz CT molecular complexity index is 1260. The van der Waals surface area contributed by atoms with Gasteiger partial charge in [-0.05, 0) is 51.3 Å². The van der Waals surface area contributed by atoms with Gasteiger partial charge in [-0.1, -0.05) is 48.0 Å². The van der Waals surface area contributed by atoms with Crippen LogP contribution < -0.4 is 4.74 Å². The maximum absolute atomic E-state index is 14.3. The lowest BCUT2D eigenvalue weighted by Gasteiger charge is -2.41. The quantitative estimate of drug-likeness (QED) is 0.393. The summed E-state index contributed by atoms with van der Waals surface area (Å²) in [7, 11) is 1.57. The van der Waals surface area contributed by atoms with Crippen LogP contribution in [0.15, 0.2) is 64.8 Å². The van der Waals surface area contributed by atoms with E-state index in [9.17, 15) is 14.4 Å². The van der Waals surface area contributed by atoms with Gasteiger partial charge in [-0.25, -0.2) is 4.79 Å². The number of carbonyl (C=O) groups is 3. The molecular weight excluding hydrogens is 470 g/mol. The number of hydrogen-bond acceptors (Lipinski definition) is 7. The highest BCUT2D eigenvalue weighted by Gasteiger charge is 2.53. The van der Waals surface area contributed by atoms with Crippen molar-refractivity contribution in [3.8, 4) is 5.75 Å². The summed E-state index contributed by atoms with van der Waals surface area (Å²) in [6, 6.07) is 15.1. The van der Waals surface area contributed by atoms with Gasteiger partial charge < -0.3 is 14.2 Å². The summed E-state index contributed by atoms with van der Waals surface area (Å²) in [6.07, 6.45) is 0.357. The number of carbonyl (C=O) groups excluding carboxylic acids is 3. The summed E-state index contributed by atoms with van der Waals surface area (Å²) >= 11 is 0. The maximum Gasteiger partial charge on any atom is 0.336 e. The van der Waals surface area contributed by atoms with E-state index in [1.165, 1.54) is 0 Å². The molecule has 0 saturated heterocycles. The second-order valence-electron chi connectivity index (χ2n) is 9.37. The van der Waals surface area contributed by atoms with Crippen molar-refractivity contribution in [3.63, 3.8) is 0 Å². The van der Waals surface area contributed by atoms with Gasteiger partial charge >= 0.3 is 11.9 Å². The number of para-hydroxylation sites is 1. The van der Waals surface area contributed by atoms with Gasteiger partial charge in [0.25, 0.3) is 0 Å². The number of nitrogens with zero attached hydrogens (tertiary/aromatic N) is 1. The summed E-state index contributed by atoms with van der Waals surface area (Å²) in [5.41, 5.74) is 4.14. The standard InChI is InChI=1S/C30H33NO6/c1-6-36-29(33)24-18(4)31-22-16-21(20-10-8-9-11-23(20)35-5)26(30(34)37-7-2)28(32)27(22)25(24)19-14-12-17(3)13-15-19/h8-15,21,25-27H,6-7,16H2,1-5H3/t21-,25-,26+,27?/m1/s1. The molecule has 2 aromatic rings. The van der Waals surface area contributed by atoms with E-state index in [2.05, 4.69) is 0 Å². The normalized spacial score (nSPS) is 23.2. The molecule has 0 spiro atoms. The monoisotopic (exact) mass is 503 g/mol. The molecule has 4 rings (SSSR count). The van der Waals surface area contributed by atoms with E-state index in [1.807, 2.05) is 55.5 Å². The van der Waals surface area contributed by atoms with Crippen molar-refractivity contribution < 1.29 is 28.6 Å². The zero-order valence-corrected chi connectivity index (χ0v) is 21.9. The minimum Gasteiger partial charge on any atom is -0.496 e. The molecule has 1 aliphatic carbocycles. The lowest BCUT2D eigenvalue weighted by molar-refractivity contribution is -0.153. The van der Waals surface area contributed by atoms with E-state index in [4.69, 9.17) is 19.2 Å². The van der Waals surface area contributed by atoms with E-state index >= 15 is 0 Å². The Morgan fingerprint density at radius 2 is 1.62 bits per heavy atom. The molecule has 0 radical (unpaired) electrons. The molecule has 4 atom stereocenters. The maximum atomic E-state index is 14.3. The van der Waals surface area contributed by atoms with Crippen molar-refractivity contribution >= 4 is 23.4 Å². The van der Waals surface area contributed by atoms with Crippen LogP contribution in [0.4, 0.5) is 0 Å². The van der Waals surface area contributed by atoms with E-state index in [0.717, 1.165) is 16.7 Å². The molecule has 0 bridgehead atoms. The van der Waals surface area contributed by atoms with Gasteiger partial charge in [-0.2, -0.15) is 0 Å². The molecule has 1 saturated carbocycles. The van der Waals surface area contributed by atoms with Crippen LogP contribution in [0, 0.1) is 18.8 Å². The van der Waals surface area contributed by atoms with Gasteiger partial charge in [-0.15, -0.1) is 0 Å². The third-order valence-corrected chi connectivity index (χ3v) is 7.16. The third-order valence-electron chi connectivity index (χ3n) is 7.16. The summed E-state index contributed by atoms with van der Waals surface area (Å²) < 4.78 is 16.4. The number of hydrogen-bond donors (Lipinski definition) is 0. The van der Waals surface area contributed by atoms with Crippen LogP contribution >= 0.6 is 0 Å². The van der Waals surface area contributed by atoms with Crippen LogP contribution in [0.3, 0.4) is 0 Å². The highest BCUT2D eigenvalue weighted by molar-refractivity contribution is 6.18. The van der Waals surface area contributed by atoms with Crippen molar-refractivity contribution in [2.24, 2.45) is 16.8 Å². The molecule has 2 aromatic carbocycles. The van der Waals surface area contributed by atoms with Gasteiger partial charge in [0.05, 0.1) is 31.8 Å². The van der Waals surface area contributed by atoms with Gasteiger partial charge in [0.15, 0.2) is 5.78 Å². The smallest absolute Gasteiger partial charge is 0.336 e. The minimum absolute atomic E-state index is 0.154. The Morgan fingerprint density at radius 1 is 0.946 bits per heavy atom. The Morgan fingerprint density at radius 3 is 2.27 bits per heavy atom. The second kappa shape index (κ2) is 11.1. The third kappa shape index (κ3) is 4.95. The lowest BCUT2D eigenvalue weighted by atomic mass is 9.62. The number of ketones is 1. The molecule has 7 nitrogen and oxygen atoms in total. The van der Waals surface area contributed by atoms with Gasteiger partial charge in [0.1, 0.15) is 11.7 Å². The summed E-state index contributed by atoms with van der Waals surface area (Å²) in [6.45, 7) is 7.57. The fraction of sp³-hybridized carbons (Fsp3) is 0.400. The van der Waals surface area contributed by atoms with Crippen LogP contribution in [0.5, 0.6) is 5.75 Å². The molecule has 7 heteroatoms. The number of fused-ring (bicyclic) bond motifs is 1. The minimum atomic E-state index is -1.06. The zero-order chi connectivity index (χ0) is 26.7. The summed E-state index contributed by atoms with van der Waals surface area (Å²) in [5.74, 6) is -3.75. The number of aryl methyl sites for hydroxylation is 1. The number of methoxy groups -OCH3 is 1. The van der Waals surface area contributed by atoms with Crippen LogP contribution in [0.1, 0.15) is 55.7 Å². The van der Waals surface area contributed by atoms with E-state index in [0.29, 0.717) is 29.2 Å². The molecule has 2 aliphatic rings. The number of esters is 2. The first kappa shape index (κ1) is 26.3. The topological polar surface area (TPSA) is 91.3 Å². The first-order chi connectivity index (χ1) is 17.8. The number of ether oxygens (including phenoxy) is 3. The molecule has 0 N–H and O–H groups in total. The van der Waals surface area contributed by atoms with Gasteiger partial charge in [0.2, 0.25) is 0 Å². The van der Waals surface area contributed by atoms with Crippen LogP contribution in [0.2, 0.25) is 0 Å².